The molecule has 29 heavy (non-hydrogen) atoms. The number of carbonyl (C=O) groups is 2. The first-order valence-electron chi connectivity index (χ1n) is 9.85. The molecule has 6 nitrogen and oxygen atoms in total. The van der Waals surface area contributed by atoms with E-state index in [4.69, 9.17) is 0 Å². The van der Waals surface area contributed by atoms with Crippen LogP contribution in [0.25, 0.3) is 0 Å². The van der Waals surface area contributed by atoms with Crippen molar-refractivity contribution < 1.29 is 18.0 Å². The van der Waals surface area contributed by atoms with Gasteiger partial charge in [-0.15, -0.1) is 0 Å². The Morgan fingerprint density at radius 1 is 1.00 bits per heavy atom. The molecule has 1 fully saturated rings. The van der Waals surface area contributed by atoms with E-state index >= 15 is 0 Å². The van der Waals surface area contributed by atoms with Crippen LogP contribution in [0.3, 0.4) is 0 Å². The number of carbonyl (C=O) groups excluding carboxylic acids is 2. The van der Waals surface area contributed by atoms with Crippen molar-refractivity contribution in [2.45, 2.75) is 50.0 Å². The van der Waals surface area contributed by atoms with Gasteiger partial charge in [-0.05, 0) is 44.0 Å². The van der Waals surface area contributed by atoms with Gasteiger partial charge in [-0.2, -0.15) is 4.31 Å². The van der Waals surface area contributed by atoms with E-state index in [0.717, 1.165) is 32.1 Å². The lowest BCUT2D eigenvalue weighted by atomic mass is 9.95. The van der Waals surface area contributed by atoms with Crippen LogP contribution in [0.4, 0.5) is 5.69 Å². The monoisotopic (exact) mass is 414 g/mol. The van der Waals surface area contributed by atoms with Crippen molar-refractivity contribution in [2.24, 2.45) is 0 Å². The number of nitrogens with zero attached hydrogens (tertiary/aromatic N) is 1. The van der Waals surface area contributed by atoms with Crippen LogP contribution in [0.2, 0.25) is 0 Å². The summed E-state index contributed by atoms with van der Waals surface area (Å²) in [7, 11) is -3.79. The zero-order valence-corrected chi connectivity index (χ0v) is 17.3. The Hall–Kier alpha value is -2.51. The van der Waals surface area contributed by atoms with Gasteiger partial charge in [-0.25, -0.2) is 8.42 Å². The van der Waals surface area contributed by atoms with Crippen LogP contribution >= 0.6 is 0 Å². The van der Waals surface area contributed by atoms with Gasteiger partial charge in [-0.1, -0.05) is 49.6 Å². The van der Waals surface area contributed by atoms with E-state index in [1.807, 2.05) is 0 Å². The Morgan fingerprint density at radius 3 is 2.34 bits per heavy atom. The van der Waals surface area contributed by atoms with E-state index in [0.29, 0.717) is 11.3 Å². The third kappa shape index (κ3) is 5.31. The van der Waals surface area contributed by atoms with Gasteiger partial charge in [0.1, 0.15) is 0 Å². The predicted octanol–water partition coefficient (Wildman–Crippen LogP) is 3.85. The molecule has 0 atom stereocenters. The summed E-state index contributed by atoms with van der Waals surface area (Å²) >= 11 is 0. The minimum atomic E-state index is -3.79. The van der Waals surface area contributed by atoms with Crippen molar-refractivity contribution >= 4 is 27.4 Å². The quantitative estimate of drug-likeness (QED) is 0.698. The van der Waals surface area contributed by atoms with E-state index in [-0.39, 0.29) is 23.3 Å². The minimum absolute atomic E-state index is 0.100. The Bertz CT molecular complexity index is 967. The summed E-state index contributed by atoms with van der Waals surface area (Å²) in [6.07, 6.45) is 4.49. The van der Waals surface area contributed by atoms with Crippen molar-refractivity contribution in [2.75, 3.05) is 11.9 Å². The molecule has 1 aliphatic rings. The highest BCUT2D eigenvalue weighted by Crippen LogP contribution is 2.27. The van der Waals surface area contributed by atoms with Gasteiger partial charge in [-0.3, -0.25) is 9.59 Å². The second-order valence-corrected chi connectivity index (χ2v) is 9.23. The standard InChI is InChI=1S/C22H26N2O4S/c1-17(25)18-9-8-10-19(15-18)23-22(26)16-24(20-11-4-2-5-12-20)29(27,28)21-13-6-3-7-14-21/h3,6-10,13-15,20H,2,4-5,11-12,16H2,1H3,(H,23,26). The molecule has 0 bridgehead atoms. The number of Topliss-reactive ketones (excluding diaryl/α,β-unsaturated/α-hetero) is 1. The van der Waals surface area contributed by atoms with Crippen LogP contribution < -0.4 is 5.32 Å². The average Bonchev–Trinajstić information content (AvgIpc) is 2.73. The van der Waals surface area contributed by atoms with Gasteiger partial charge in [0.05, 0.1) is 11.4 Å². The molecular formula is C22H26N2O4S. The normalized spacial score (nSPS) is 15.2. The SMILES string of the molecule is CC(=O)c1cccc(NC(=O)CN(C2CCCCC2)S(=O)(=O)c2ccccc2)c1. The number of ketones is 1. The Labute approximate surface area is 172 Å². The molecule has 1 amide bonds. The molecule has 2 aromatic carbocycles. The van der Waals surface area contributed by atoms with Crippen molar-refractivity contribution in [3.8, 4) is 0 Å². The topological polar surface area (TPSA) is 83.6 Å². The lowest BCUT2D eigenvalue weighted by Gasteiger charge is -2.33. The van der Waals surface area contributed by atoms with Crippen LogP contribution in [0.1, 0.15) is 49.4 Å². The Balaban J connectivity index is 1.82. The number of anilines is 1. The lowest BCUT2D eigenvalue weighted by Crippen LogP contribution is -2.45. The summed E-state index contributed by atoms with van der Waals surface area (Å²) in [4.78, 5) is 24.5. The molecule has 1 aliphatic carbocycles. The fraction of sp³-hybridized carbons (Fsp3) is 0.364. The molecule has 0 unspecified atom stereocenters. The largest absolute Gasteiger partial charge is 0.325 e. The van der Waals surface area contributed by atoms with Gasteiger partial charge in [0.15, 0.2) is 5.78 Å². The van der Waals surface area contributed by atoms with Crippen molar-refractivity contribution in [1.29, 1.82) is 0 Å². The highest BCUT2D eigenvalue weighted by atomic mass is 32.2. The number of nitrogens with one attached hydrogen (secondary N) is 1. The maximum absolute atomic E-state index is 13.3. The first kappa shape index (κ1) is 21.2. The third-order valence-electron chi connectivity index (χ3n) is 5.18. The Morgan fingerprint density at radius 2 is 1.69 bits per heavy atom. The fourth-order valence-corrected chi connectivity index (χ4v) is 5.33. The average molecular weight is 415 g/mol. The molecule has 154 valence electrons. The van der Waals surface area contributed by atoms with Gasteiger partial charge in [0, 0.05) is 17.3 Å². The Kier molecular flexibility index (Phi) is 6.82. The van der Waals surface area contributed by atoms with E-state index in [9.17, 15) is 18.0 Å². The maximum atomic E-state index is 13.3. The zero-order valence-electron chi connectivity index (χ0n) is 16.5. The summed E-state index contributed by atoms with van der Waals surface area (Å²) in [6.45, 7) is 1.20. The summed E-state index contributed by atoms with van der Waals surface area (Å²) in [5.74, 6) is -0.521. The molecule has 7 heteroatoms. The molecule has 1 N–H and O–H groups in total. The van der Waals surface area contributed by atoms with E-state index in [1.165, 1.54) is 11.2 Å². The van der Waals surface area contributed by atoms with E-state index < -0.39 is 15.9 Å². The fourth-order valence-electron chi connectivity index (χ4n) is 3.67. The molecule has 1 saturated carbocycles. The van der Waals surface area contributed by atoms with Crippen LogP contribution in [0.15, 0.2) is 59.5 Å². The smallest absolute Gasteiger partial charge is 0.243 e. The molecule has 0 saturated heterocycles. The summed E-state index contributed by atoms with van der Waals surface area (Å²) in [5.41, 5.74) is 0.965. The van der Waals surface area contributed by atoms with Crippen molar-refractivity contribution in [1.82, 2.24) is 4.31 Å². The first-order valence-corrected chi connectivity index (χ1v) is 11.3. The van der Waals surface area contributed by atoms with Gasteiger partial charge >= 0.3 is 0 Å². The van der Waals surface area contributed by atoms with Gasteiger partial charge in [0.2, 0.25) is 15.9 Å². The molecule has 0 spiro atoms. The molecule has 3 rings (SSSR count). The van der Waals surface area contributed by atoms with Gasteiger partial charge < -0.3 is 5.32 Å². The number of hydrogen-bond acceptors (Lipinski definition) is 4. The highest BCUT2D eigenvalue weighted by Gasteiger charge is 2.33. The zero-order chi connectivity index (χ0) is 20.9. The third-order valence-corrected chi connectivity index (χ3v) is 7.10. The van der Waals surface area contributed by atoms with E-state index in [2.05, 4.69) is 5.32 Å². The molecular weight excluding hydrogens is 388 g/mol. The predicted molar refractivity (Wildman–Crippen MR) is 112 cm³/mol. The lowest BCUT2D eigenvalue weighted by molar-refractivity contribution is -0.116. The number of benzene rings is 2. The summed E-state index contributed by atoms with van der Waals surface area (Å²) in [5, 5.41) is 2.73. The second kappa shape index (κ2) is 9.33. The van der Waals surface area contributed by atoms with E-state index in [1.54, 1.807) is 54.6 Å². The summed E-state index contributed by atoms with van der Waals surface area (Å²) in [6, 6.07) is 14.7. The van der Waals surface area contributed by atoms with Gasteiger partial charge in [0.25, 0.3) is 0 Å². The summed E-state index contributed by atoms with van der Waals surface area (Å²) < 4.78 is 27.9. The van der Waals surface area contributed by atoms with Crippen LogP contribution in [-0.2, 0) is 14.8 Å². The molecule has 0 aliphatic heterocycles. The molecule has 0 aromatic heterocycles. The first-order chi connectivity index (χ1) is 13.9. The number of rotatable bonds is 7. The van der Waals surface area contributed by atoms with Crippen LogP contribution in [-0.4, -0.2) is 37.0 Å². The molecule has 0 heterocycles. The van der Waals surface area contributed by atoms with Crippen molar-refractivity contribution in [3.05, 3.63) is 60.2 Å². The van der Waals surface area contributed by atoms with Crippen LogP contribution in [0, 0.1) is 0 Å². The highest BCUT2D eigenvalue weighted by molar-refractivity contribution is 7.89. The number of sulfonamides is 1. The number of amides is 1. The van der Waals surface area contributed by atoms with Crippen molar-refractivity contribution in [3.63, 3.8) is 0 Å². The molecule has 0 radical (unpaired) electrons. The number of hydrogen-bond donors (Lipinski definition) is 1. The minimum Gasteiger partial charge on any atom is -0.325 e. The van der Waals surface area contributed by atoms with Crippen LogP contribution in [0.5, 0.6) is 0 Å². The second-order valence-electron chi connectivity index (χ2n) is 7.34. The molecule has 2 aromatic rings. The maximum Gasteiger partial charge on any atom is 0.243 e.